The quantitative estimate of drug-likeness (QED) is 0.703. The van der Waals surface area contributed by atoms with Crippen molar-refractivity contribution in [2.45, 2.75) is 13.0 Å². The van der Waals surface area contributed by atoms with E-state index in [4.69, 9.17) is 5.73 Å². The van der Waals surface area contributed by atoms with Crippen LogP contribution in [0.5, 0.6) is 0 Å². The van der Waals surface area contributed by atoms with Crippen molar-refractivity contribution >= 4 is 17.3 Å². The number of halogens is 1. The molecule has 21 heavy (non-hydrogen) atoms. The molecule has 0 radical (unpaired) electrons. The van der Waals surface area contributed by atoms with E-state index in [0.29, 0.717) is 5.69 Å². The summed E-state index contributed by atoms with van der Waals surface area (Å²) < 4.78 is 14.0. The monoisotopic (exact) mass is 292 g/mol. The fourth-order valence-corrected chi connectivity index (χ4v) is 1.69. The third-order valence-electron chi connectivity index (χ3n) is 2.73. The summed E-state index contributed by atoms with van der Waals surface area (Å²) in [4.78, 5) is 34.2. The molecular weight excluding hydrogens is 279 g/mol. The van der Waals surface area contributed by atoms with Crippen molar-refractivity contribution in [2.75, 3.05) is 11.1 Å². The van der Waals surface area contributed by atoms with Crippen LogP contribution in [0.2, 0.25) is 0 Å². The van der Waals surface area contributed by atoms with Gasteiger partial charge in [0.1, 0.15) is 5.82 Å². The van der Waals surface area contributed by atoms with Gasteiger partial charge in [0.25, 0.3) is 11.1 Å². The molecule has 0 fully saturated rings. The van der Waals surface area contributed by atoms with Crippen LogP contribution in [0.15, 0.2) is 39.9 Å². The maximum absolute atomic E-state index is 13.0. The zero-order chi connectivity index (χ0) is 15.4. The molecule has 1 amide bonds. The molecular formula is C13H13FN4O3. The van der Waals surface area contributed by atoms with E-state index in [-0.39, 0.29) is 18.7 Å². The SMILES string of the molecule is Nc1cc(NC(=O)CCn2[nH]c(=O)ccc2=O)ccc1F. The number of hydrogen-bond acceptors (Lipinski definition) is 4. The van der Waals surface area contributed by atoms with Gasteiger partial charge in [-0.1, -0.05) is 0 Å². The first-order chi connectivity index (χ1) is 9.95. The van der Waals surface area contributed by atoms with E-state index < -0.39 is 22.8 Å². The summed E-state index contributed by atoms with van der Waals surface area (Å²) >= 11 is 0. The van der Waals surface area contributed by atoms with Crippen LogP contribution in [0.4, 0.5) is 15.8 Å². The predicted octanol–water partition coefficient (Wildman–Crippen LogP) is 0.287. The van der Waals surface area contributed by atoms with Gasteiger partial charge in [0.2, 0.25) is 5.91 Å². The largest absolute Gasteiger partial charge is 0.396 e. The highest BCUT2D eigenvalue weighted by atomic mass is 19.1. The van der Waals surface area contributed by atoms with E-state index in [9.17, 15) is 18.8 Å². The number of nitrogens with zero attached hydrogens (tertiary/aromatic N) is 1. The van der Waals surface area contributed by atoms with Gasteiger partial charge in [-0.3, -0.25) is 19.5 Å². The smallest absolute Gasteiger partial charge is 0.265 e. The van der Waals surface area contributed by atoms with Crippen LogP contribution in [0, 0.1) is 5.82 Å². The number of nitrogen functional groups attached to an aromatic ring is 1. The molecule has 0 aliphatic heterocycles. The lowest BCUT2D eigenvalue weighted by molar-refractivity contribution is -0.116. The number of anilines is 2. The second kappa shape index (κ2) is 6.04. The molecule has 110 valence electrons. The van der Waals surface area contributed by atoms with Crippen molar-refractivity contribution in [2.24, 2.45) is 0 Å². The van der Waals surface area contributed by atoms with Gasteiger partial charge in [0, 0.05) is 24.2 Å². The third-order valence-corrected chi connectivity index (χ3v) is 2.73. The van der Waals surface area contributed by atoms with Crippen LogP contribution < -0.4 is 22.2 Å². The molecule has 8 heteroatoms. The normalized spacial score (nSPS) is 10.3. The Morgan fingerprint density at radius 2 is 2.05 bits per heavy atom. The molecule has 0 saturated heterocycles. The third kappa shape index (κ3) is 3.78. The number of nitrogens with one attached hydrogen (secondary N) is 2. The standard InChI is InChI=1S/C13H13FN4O3/c14-9-2-1-8(7-10(9)15)16-11(19)5-6-18-13(21)4-3-12(20)17-18/h1-4,7H,5-6,15H2,(H,16,19)(H,17,20). The summed E-state index contributed by atoms with van der Waals surface area (Å²) in [6.45, 7) is 0.0252. The molecule has 0 spiro atoms. The molecule has 4 N–H and O–H groups in total. The zero-order valence-electron chi connectivity index (χ0n) is 10.9. The van der Waals surface area contributed by atoms with Crippen LogP contribution in [-0.2, 0) is 11.3 Å². The first-order valence-electron chi connectivity index (χ1n) is 6.11. The molecule has 1 heterocycles. The van der Waals surface area contributed by atoms with Gasteiger partial charge in [-0.15, -0.1) is 0 Å². The predicted molar refractivity (Wildman–Crippen MR) is 75.4 cm³/mol. The summed E-state index contributed by atoms with van der Waals surface area (Å²) in [5.74, 6) is -0.959. The summed E-state index contributed by atoms with van der Waals surface area (Å²) in [7, 11) is 0. The molecule has 1 aromatic carbocycles. The van der Waals surface area contributed by atoms with Crippen molar-refractivity contribution in [3.05, 3.63) is 56.9 Å². The number of benzene rings is 1. The van der Waals surface area contributed by atoms with Crippen LogP contribution in [0.25, 0.3) is 0 Å². The Labute approximate surface area is 118 Å². The molecule has 0 atom stereocenters. The van der Waals surface area contributed by atoms with Gasteiger partial charge < -0.3 is 11.1 Å². The van der Waals surface area contributed by atoms with Gasteiger partial charge in [0.15, 0.2) is 0 Å². The number of aryl methyl sites for hydroxylation is 1. The Bertz CT molecular complexity index is 781. The minimum atomic E-state index is -0.568. The number of aromatic amines is 1. The van der Waals surface area contributed by atoms with Gasteiger partial charge in [0.05, 0.1) is 12.2 Å². The molecule has 2 rings (SSSR count). The number of amides is 1. The number of nitrogens with two attached hydrogens (primary N) is 1. The van der Waals surface area contributed by atoms with Gasteiger partial charge in [-0.2, -0.15) is 0 Å². The Hall–Kier alpha value is -2.90. The topological polar surface area (TPSA) is 110 Å². The van der Waals surface area contributed by atoms with Gasteiger partial charge >= 0.3 is 0 Å². The molecule has 0 aliphatic carbocycles. The number of H-pyrrole nitrogens is 1. The Balaban J connectivity index is 1.99. The summed E-state index contributed by atoms with van der Waals surface area (Å²) in [6, 6.07) is 6.05. The van der Waals surface area contributed by atoms with Crippen molar-refractivity contribution in [1.82, 2.24) is 9.78 Å². The molecule has 1 aromatic heterocycles. The molecule has 0 unspecified atom stereocenters. The molecule has 0 saturated carbocycles. The molecule has 0 bridgehead atoms. The van der Waals surface area contributed by atoms with Crippen LogP contribution in [0.3, 0.4) is 0 Å². The van der Waals surface area contributed by atoms with E-state index in [1.165, 1.54) is 12.1 Å². The second-order valence-electron chi connectivity index (χ2n) is 4.33. The average molecular weight is 292 g/mol. The van der Waals surface area contributed by atoms with Crippen molar-refractivity contribution in [3.8, 4) is 0 Å². The summed E-state index contributed by atoms with van der Waals surface area (Å²) in [5, 5.41) is 4.83. The Morgan fingerprint density at radius 1 is 1.29 bits per heavy atom. The maximum Gasteiger partial charge on any atom is 0.265 e. The summed E-state index contributed by atoms with van der Waals surface area (Å²) in [5.41, 5.74) is 4.83. The number of carbonyl (C=O) groups is 1. The average Bonchev–Trinajstić information content (AvgIpc) is 2.44. The molecule has 0 aliphatic rings. The van der Waals surface area contributed by atoms with Crippen LogP contribution in [-0.4, -0.2) is 15.7 Å². The van der Waals surface area contributed by atoms with Gasteiger partial charge in [-0.05, 0) is 18.2 Å². The highest BCUT2D eigenvalue weighted by Gasteiger charge is 2.06. The van der Waals surface area contributed by atoms with Crippen LogP contribution >= 0.6 is 0 Å². The summed E-state index contributed by atoms with van der Waals surface area (Å²) in [6.07, 6.45) is -0.0306. The lowest BCUT2D eigenvalue weighted by Gasteiger charge is -2.07. The zero-order valence-corrected chi connectivity index (χ0v) is 10.9. The van der Waals surface area contributed by atoms with Gasteiger partial charge in [-0.25, -0.2) is 9.07 Å². The Kier molecular flexibility index (Phi) is 4.17. The fourth-order valence-electron chi connectivity index (χ4n) is 1.69. The minimum absolute atomic E-state index is 0.0252. The fraction of sp³-hybridized carbons (Fsp3) is 0.154. The first-order valence-corrected chi connectivity index (χ1v) is 6.11. The minimum Gasteiger partial charge on any atom is -0.396 e. The van der Waals surface area contributed by atoms with E-state index in [0.717, 1.165) is 22.9 Å². The lowest BCUT2D eigenvalue weighted by Crippen LogP contribution is -2.29. The number of hydrogen-bond donors (Lipinski definition) is 3. The number of carbonyl (C=O) groups excluding carboxylic acids is 1. The number of aromatic nitrogens is 2. The lowest BCUT2D eigenvalue weighted by atomic mass is 10.2. The number of rotatable bonds is 4. The van der Waals surface area contributed by atoms with E-state index in [2.05, 4.69) is 10.4 Å². The highest BCUT2D eigenvalue weighted by molar-refractivity contribution is 5.91. The highest BCUT2D eigenvalue weighted by Crippen LogP contribution is 2.16. The maximum atomic E-state index is 13.0. The van der Waals surface area contributed by atoms with Crippen molar-refractivity contribution < 1.29 is 9.18 Å². The van der Waals surface area contributed by atoms with Crippen molar-refractivity contribution in [1.29, 1.82) is 0 Å². The van der Waals surface area contributed by atoms with Crippen molar-refractivity contribution in [3.63, 3.8) is 0 Å². The van der Waals surface area contributed by atoms with E-state index >= 15 is 0 Å². The second-order valence-corrected chi connectivity index (χ2v) is 4.33. The first kappa shape index (κ1) is 14.5. The van der Waals surface area contributed by atoms with Crippen LogP contribution in [0.1, 0.15) is 6.42 Å². The van der Waals surface area contributed by atoms with E-state index in [1.807, 2.05) is 0 Å². The molecule has 2 aromatic rings. The molecule has 7 nitrogen and oxygen atoms in total. The van der Waals surface area contributed by atoms with E-state index in [1.54, 1.807) is 0 Å². The Morgan fingerprint density at radius 3 is 2.76 bits per heavy atom.